The molecule has 7 N–H and O–H groups in total. The first-order valence-electron chi connectivity index (χ1n) is 18.7. The number of phenols is 1. The molecule has 3 aromatic rings. The van der Waals surface area contributed by atoms with E-state index in [0.717, 1.165) is 41.0 Å². The lowest BCUT2D eigenvalue weighted by Crippen LogP contribution is -2.28. The number of aliphatic hydroxyl groups excluding tert-OH is 1. The Labute approximate surface area is 337 Å². The highest BCUT2D eigenvalue weighted by molar-refractivity contribution is 5.67. The number of rotatable bonds is 19. The van der Waals surface area contributed by atoms with Gasteiger partial charge in [0, 0.05) is 18.7 Å². The Morgan fingerprint density at radius 2 is 1.05 bits per heavy atom. The highest BCUT2D eigenvalue weighted by Crippen LogP contribution is 2.18. The Morgan fingerprint density at radius 1 is 0.684 bits per heavy atom. The third kappa shape index (κ3) is 29.0. The van der Waals surface area contributed by atoms with Crippen LogP contribution in [0.15, 0.2) is 111 Å². The Hall–Kier alpha value is -6.06. The maximum Gasteiger partial charge on any atom is 0.407 e. The van der Waals surface area contributed by atoms with Crippen LogP contribution in [0, 0.1) is 0 Å². The summed E-state index contributed by atoms with van der Waals surface area (Å²) in [6.45, 7) is 17.1. The number of aryl methyl sites for hydroxylation is 2. The number of aromatic hydroxyl groups is 1. The number of phenolic OH excluding ortho intramolecular Hbond substituents is 1. The maximum absolute atomic E-state index is 11.1. The van der Waals surface area contributed by atoms with Crippen molar-refractivity contribution in [2.75, 3.05) is 66.4 Å². The molecule has 0 aliphatic heterocycles. The van der Waals surface area contributed by atoms with Gasteiger partial charge in [-0.25, -0.2) is 14.4 Å². The first kappa shape index (κ1) is 50.9. The van der Waals surface area contributed by atoms with Gasteiger partial charge in [-0.15, -0.1) is 0 Å². The van der Waals surface area contributed by atoms with Crippen molar-refractivity contribution in [1.82, 2.24) is 16.0 Å². The summed E-state index contributed by atoms with van der Waals surface area (Å²) in [5.41, 5.74) is 8.69. The molecule has 0 spiro atoms. The average molecular weight is 802 g/mol. The van der Waals surface area contributed by atoms with Crippen molar-refractivity contribution in [3.8, 4) is 17.2 Å². The van der Waals surface area contributed by atoms with Crippen LogP contribution in [0.25, 0.3) is 0 Å². The van der Waals surface area contributed by atoms with Gasteiger partial charge in [0.2, 0.25) is 0 Å². The zero-order chi connectivity index (χ0) is 43.7. The largest absolute Gasteiger partial charge is 0.508 e. The van der Waals surface area contributed by atoms with Crippen LogP contribution in [0.5, 0.6) is 17.2 Å². The third-order valence-corrected chi connectivity index (χ3v) is 6.55. The number of hydrogen-bond donors (Lipinski definition) is 6. The number of nitrogens with two attached hydrogens (primary N) is 1. The molecule has 3 rings (SSSR count). The summed E-state index contributed by atoms with van der Waals surface area (Å²) in [5, 5.41) is 24.8. The van der Waals surface area contributed by atoms with Crippen LogP contribution in [-0.4, -0.2) is 94.9 Å². The minimum atomic E-state index is -1.00. The topological polar surface area (TPSA) is 200 Å². The van der Waals surface area contributed by atoms with Crippen LogP contribution in [0.2, 0.25) is 0 Å². The van der Waals surface area contributed by atoms with Gasteiger partial charge in [-0.1, -0.05) is 106 Å². The first-order valence-corrected chi connectivity index (χ1v) is 18.0. The first-order chi connectivity index (χ1) is 28.1. The maximum atomic E-state index is 11.1. The molecular formula is C42H61FN4O10. The molecule has 316 valence electrons. The predicted molar refractivity (Wildman–Crippen MR) is 221 cm³/mol. The molecule has 0 atom stereocenters. The molecule has 0 unspecified atom stereocenters. The second-order valence-electron chi connectivity index (χ2n) is 10.6. The molecule has 0 aromatic heterocycles. The second kappa shape index (κ2) is 38.2. The summed E-state index contributed by atoms with van der Waals surface area (Å²) in [4.78, 5) is 32.6. The number of halogens is 1. The van der Waals surface area contributed by atoms with Crippen LogP contribution in [0.1, 0.15) is 31.9 Å². The SMILES string of the molecule is C=CCOC(=O)NCCO.C=CCOC(=O)NCCOc1ccccc1CC.C=CCOC(=O)NCCOc1ccccc1CN.CCc1ccccc1O.[2H]CF. The van der Waals surface area contributed by atoms with E-state index in [1.807, 2.05) is 73.7 Å². The highest BCUT2D eigenvalue weighted by atomic mass is 19.1. The molecule has 57 heavy (non-hydrogen) atoms. The van der Waals surface area contributed by atoms with Crippen molar-refractivity contribution < 1.29 is 54.0 Å². The molecule has 0 heterocycles. The average Bonchev–Trinajstić information content (AvgIpc) is 3.25. The zero-order valence-electron chi connectivity index (χ0n) is 34.1. The number of para-hydroxylation sites is 3. The van der Waals surface area contributed by atoms with Crippen molar-refractivity contribution >= 4 is 18.3 Å². The number of aliphatic hydroxyl groups is 1. The summed E-state index contributed by atoms with van der Waals surface area (Å²) in [6.07, 6.45) is 4.85. The van der Waals surface area contributed by atoms with E-state index in [1.165, 1.54) is 18.2 Å². The van der Waals surface area contributed by atoms with Crippen LogP contribution in [-0.2, 0) is 33.6 Å². The molecule has 0 radical (unpaired) electrons. The number of benzene rings is 3. The van der Waals surface area contributed by atoms with Gasteiger partial charge in [0.15, 0.2) is 0 Å². The minimum absolute atomic E-state index is 0.0802. The Morgan fingerprint density at radius 3 is 1.42 bits per heavy atom. The molecule has 0 aliphatic carbocycles. The number of hydrogen-bond acceptors (Lipinski definition) is 11. The quantitative estimate of drug-likeness (QED) is 0.0445. The summed E-state index contributed by atoms with van der Waals surface area (Å²) in [5.74, 6) is 2.00. The molecule has 0 fully saturated rings. The lowest BCUT2D eigenvalue weighted by atomic mass is 10.1. The molecule has 3 aromatic carbocycles. The van der Waals surface area contributed by atoms with Crippen LogP contribution in [0.4, 0.5) is 18.8 Å². The number of alkyl halides is 1. The minimum Gasteiger partial charge on any atom is -0.508 e. The molecule has 15 heteroatoms. The molecule has 0 saturated carbocycles. The van der Waals surface area contributed by atoms with Crippen molar-refractivity contribution in [2.24, 2.45) is 5.73 Å². The van der Waals surface area contributed by atoms with Gasteiger partial charge < -0.3 is 55.6 Å². The monoisotopic (exact) mass is 801 g/mol. The highest BCUT2D eigenvalue weighted by Gasteiger charge is 2.04. The standard InChI is InChI=1S/C14H19NO3.C13H18N2O3.C8H10O.C6H11NO3.CH3F/c1-3-10-18-14(16)15-9-11-17-13-8-6-5-7-12(13)4-2;1-2-8-18-13(16)15-7-9-17-12-6-4-3-5-11(12)10-14;1-2-7-5-3-4-6-8(7)9;1-2-5-10-6(9)7-3-4-8;1-2/h3,5-8H,1,4,9-11H2,2H3,(H,15,16);2-6H,1,7-10,14H2,(H,15,16);3-6,9H,2H2,1H3;2,8H,1,3-5H2,(H,7,9);1H3/i;;;;1D. The van der Waals surface area contributed by atoms with Crippen molar-refractivity contribution in [2.45, 2.75) is 33.2 Å². The Bertz CT molecular complexity index is 1480. The van der Waals surface area contributed by atoms with Crippen molar-refractivity contribution in [3.63, 3.8) is 0 Å². The molecule has 0 bridgehead atoms. The fourth-order valence-corrected chi connectivity index (χ4v) is 3.90. The lowest BCUT2D eigenvalue weighted by molar-refractivity contribution is 0.154. The van der Waals surface area contributed by atoms with Gasteiger partial charge >= 0.3 is 18.3 Å². The fraction of sp³-hybridized carbons (Fsp3) is 0.357. The van der Waals surface area contributed by atoms with Gasteiger partial charge in [0.25, 0.3) is 0 Å². The van der Waals surface area contributed by atoms with E-state index in [-0.39, 0.29) is 33.0 Å². The number of nitrogens with one attached hydrogen (secondary N) is 3. The lowest BCUT2D eigenvalue weighted by Gasteiger charge is -2.10. The number of carbonyl (C=O) groups is 3. The number of amides is 3. The number of ether oxygens (including phenoxy) is 5. The van der Waals surface area contributed by atoms with E-state index in [4.69, 9.17) is 36.3 Å². The van der Waals surface area contributed by atoms with Crippen molar-refractivity contribution in [1.29, 1.82) is 0 Å². The van der Waals surface area contributed by atoms with E-state index in [2.05, 4.69) is 47.3 Å². The van der Waals surface area contributed by atoms with Gasteiger partial charge in [0.05, 0.1) is 28.2 Å². The van der Waals surface area contributed by atoms with E-state index in [1.54, 1.807) is 6.07 Å². The molecule has 0 saturated heterocycles. The van der Waals surface area contributed by atoms with Crippen LogP contribution < -0.4 is 31.2 Å². The van der Waals surface area contributed by atoms with Gasteiger partial charge in [-0.2, -0.15) is 0 Å². The van der Waals surface area contributed by atoms with Crippen molar-refractivity contribution in [3.05, 3.63) is 127 Å². The smallest absolute Gasteiger partial charge is 0.407 e. The molecular weight excluding hydrogens is 739 g/mol. The summed E-state index contributed by atoms with van der Waals surface area (Å²) >= 11 is 0. The van der Waals surface area contributed by atoms with Gasteiger partial charge in [-0.05, 0) is 42.2 Å². The van der Waals surface area contributed by atoms with Gasteiger partial charge in [0.1, 0.15) is 50.3 Å². The summed E-state index contributed by atoms with van der Waals surface area (Å²) in [6, 6.07) is 22.8. The zero-order valence-corrected chi connectivity index (χ0v) is 33.1. The van der Waals surface area contributed by atoms with Crippen LogP contribution >= 0.6 is 0 Å². The summed E-state index contributed by atoms with van der Waals surface area (Å²) in [7, 11) is -1.00. The molecule has 3 amide bonds. The van der Waals surface area contributed by atoms with E-state index >= 15 is 0 Å². The number of alkyl carbamates (subject to hydrolysis) is 3. The van der Waals surface area contributed by atoms with Gasteiger partial charge in [-0.3, -0.25) is 4.39 Å². The fourth-order valence-electron chi connectivity index (χ4n) is 3.90. The Balaban J connectivity index is 0. The molecule has 0 aliphatic rings. The van der Waals surface area contributed by atoms with Crippen LogP contribution in [0.3, 0.4) is 0 Å². The van der Waals surface area contributed by atoms with E-state index in [0.29, 0.717) is 38.6 Å². The molecule has 14 nitrogen and oxygen atoms in total. The third-order valence-electron chi connectivity index (χ3n) is 6.55. The normalized spacial score (nSPS) is 9.39. The predicted octanol–water partition coefficient (Wildman–Crippen LogP) is 6.41. The number of carbonyl (C=O) groups excluding carboxylic acids is 3. The summed E-state index contributed by atoms with van der Waals surface area (Å²) < 4.78 is 40.6. The second-order valence-corrected chi connectivity index (χ2v) is 10.6. The van der Waals surface area contributed by atoms with E-state index < -0.39 is 25.4 Å². The Kier molecular flexibility index (Phi) is 34.2. The van der Waals surface area contributed by atoms with E-state index in [9.17, 15) is 18.8 Å².